The van der Waals surface area contributed by atoms with E-state index in [-0.39, 0.29) is 11.2 Å². The Balaban J connectivity index is 3.02. The van der Waals surface area contributed by atoms with E-state index in [0.717, 1.165) is 11.0 Å². The van der Waals surface area contributed by atoms with Crippen molar-refractivity contribution in [2.24, 2.45) is 14.1 Å². The van der Waals surface area contributed by atoms with Gasteiger partial charge in [0.2, 0.25) is 0 Å². The van der Waals surface area contributed by atoms with Gasteiger partial charge in [-0.25, -0.2) is 9.78 Å². The van der Waals surface area contributed by atoms with Crippen molar-refractivity contribution in [2.75, 3.05) is 0 Å². The van der Waals surface area contributed by atoms with Crippen LogP contribution in [-0.2, 0) is 20.6 Å². The smallest absolute Gasteiger partial charge is 0.313 e. The Hall–Kier alpha value is -1.50. The average Bonchev–Trinajstić information content (AvgIpc) is 2.62. The molecule has 0 spiro atoms. The van der Waals surface area contributed by atoms with E-state index in [9.17, 15) is 9.59 Å². The van der Waals surface area contributed by atoms with Crippen LogP contribution < -0.4 is 11.2 Å². The summed E-state index contributed by atoms with van der Waals surface area (Å²) < 4.78 is 4.19. The van der Waals surface area contributed by atoms with Crippen LogP contribution in [-0.4, -0.2) is 18.7 Å². The molecule has 2 aromatic heterocycles. The number of hydrogen-bond acceptors (Lipinski definition) is 4. The van der Waals surface area contributed by atoms with Crippen LogP contribution in [0.5, 0.6) is 0 Å². The van der Waals surface area contributed by atoms with Gasteiger partial charge in [0.25, 0.3) is 5.56 Å². The van der Waals surface area contributed by atoms with Crippen LogP contribution >= 0.6 is 12.6 Å². The summed E-state index contributed by atoms with van der Waals surface area (Å²) in [6.45, 7) is 2.66. The first-order valence-corrected chi connectivity index (χ1v) is 5.79. The summed E-state index contributed by atoms with van der Waals surface area (Å²) in [7, 11) is 3.06. The van der Waals surface area contributed by atoms with Crippen molar-refractivity contribution >= 4 is 23.8 Å². The third-order valence-electron chi connectivity index (χ3n) is 2.78. The molecule has 0 aliphatic carbocycles. The average molecular weight is 254 g/mol. The normalized spacial score (nSPS) is 11.3. The first kappa shape index (κ1) is 12.0. The van der Waals surface area contributed by atoms with E-state index < -0.39 is 0 Å². The number of rotatable bonds is 2. The quantitative estimate of drug-likeness (QED) is 0.775. The third-order valence-corrected chi connectivity index (χ3v) is 3.12. The van der Waals surface area contributed by atoms with Crippen molar-refractivity contribution in [3.63, 3.8) is 0 Å². The van der Waals surface area contributed by atoms with Crippen LogP contribution in [0.25, 0.3) is 11.2 Å². The minimum atomic E-state index is -0.378. The first-order valence-electron chi connectivity index (χ1n) is 5.34. The second-order valence-electron chi connectivity index (χ2n) is 3.94. The standard InChI is InChI=1S/C10H14N4O2S/c1-4-5-14-6-7(11-9(14)17)12(2)10(16)13(3)8(6)15/h4-5H2,1-3H3,(H,11,17). The molecule has 0 saturated carbocycles. The maximum Gasteiger partial charge on any atom is 0.332 e. The lowest BCUT2D eigenvalue weighted by Gasteiger charge is -2.05. The Morgan fingerprint density at radius 3 is 2.47 bits per heavy atom. The van der Waals surface area contributed by atoms with Crippen LogP contribution in [0.3, 0.4) is 0 Å². The zero-order valence-corrected chi connectivity index (χ0v) is 10.9. The number of imidazole rings is 1. The topological polar surface area (TPSA) is 61.8 Å². The molecule has 0 saturated heterocycles. The number of fused-ring (bicyclic) bond motifs is 1. The summed E-state index contributed by atoms with van der Waals surface area (Å²) in [5, 5.41) is 0.458. The van der Waals surface area contributed by atoms with E-state index in [0.29, 0.717) is 22.9 Å². The molecule has 92 valence electrons. The molecule has 0 radical (unpaired) electrons. The summed E-state index contributed by atoms with van der Waals surface area (Å²) in [6, 6.07) is 0. The minimum absolute atomic E-state index is 0.329. The molecule has 0 aliphatic rings. The molecule has 2 heterocycles. The van der Waals surface area contributed by atoms with Crippen molar-refractivity contribution in [2.45, 2.75) is 25.0 Å². The molecule has 0 atom stereocenters. The molecule has 0 bridgehead atoms. The highest BCUT2D eigenvalue weighted by molar-refractivity contribution is 7.80. The lowest BCUT2D eigenvalue weighted by molar-refractivity contribution is 0.633. The van der Waals surface area contributed by atoms with Gasteiger partial charge in [-0.05, 0) is 6.42 Å². The van der Waals surface area contributed by atoms with Crippen LogP contribution in [0, 0.1) is 0 Å². The minimum Gasteiger partial charge on any atom is -0.313 e. The lowest BCUT2D eigenvalue weighted by Crippen LogP contribution is -2.37. The summed E-state index contributed by atoms with van der Waals surface area (Å²) in [5.74, 6) is 0. The van der Waals surface area contributed by atoms with E-state index in [1.807, 2.05) is 6.92 Å². The number of aromatic nitrogens is 4. The van der Waals surface area contributed by atoms with E-state index in [1.165, 1.54) is 11.6 Å². The van der Waals surface area contributed by atoms with Crippen LogP contribution in [0.1, 0.15) is 13.3 Å². The molecule has 17 heavy (non-hydrogen) atoms. The zero-order chi connectivity index (χ0) is 12.7. The van der Waals surface area contributed by atoms with Gasteiger partial charge in [-0.3, -0.25) is 13.9 Å². The molecule has 0 fully saturated rings. The van der Waals surface area contributed by atoms with Gasteiger partial charge < -0.3 is 4.57 Å². The van der Waals surface area contributed by atoms with Crippen molar-refractivity contribution in [3.8, 4) is 0 Å². The maximum absolute atomic E-state index is 12.1. The summed E-state index contributed by atoms with van der Waals surface area (Å²) in [5.41, 5.74) is 0.110. The monoisotopic (exact) mass is 254 g/mol. The second kappa shape index (κ2) is 4.06. The van der Waals surface area contributed by atoms with Gasteiger partial charge in [0.05, 0.1) is 0 Å². The summed E-state index contributed by atoms with van der Waals surface area (Å²) in [6.07, 6.45) is 0.866. The van der Waals surface area contributed by atoms with Crippen molar-refractivity contribution in [3.05, 3.63) is 20.8 Å². The predicted molar refractivity (Wildman–Crippen MR) is 67.8 cm³/mol. The first-order chi connectivity index (χ1) is 7.99. The van der Waals surface area contributed by atoms with Gasteiger partial charge in [0.1, 0.15) is 0 Å². The number of hydrogen-bond donors (Lipinski definition) is 1. The van der Waals surface area contributed by atoms with Crippen LogP contribution in [0.2, 0.25) is 0 Å². The molecule has 0 N–H and O–H groups in total. The molecular formula is C10H14N4O2S. The van der Waals surface area contributed by atoms with E-state index in [2.05, 4.69) is 17.6 Å². The van der Waals surface area contributed by atoms with Crippen molar-refractivity contribution < 1.29 is 0 Å². The lowest BCUT2D eigenvalue weighted by atomic mass is 10.4. The molecule has 2 aromatic rings. The van der Waals surface area contributed by atoms with Gasteiger partial charge in [-0.1, -0.05) is 6.92 Å². The van der Waals surface area contributed by atoms with Crippen molar-refractivity contribution in [1.29, 1.82) is 0 Å². The third kappa shape index (κ3) is 1.61. The van der Waals surface area contributed by atoms with E-state index in [4.69, 9.17) is 0 Å². The van der Waals surface area contributed by atoms with Crippen LogP contribution in [0.4, 0.5) is 0 Å². The molecule has 2 rings (SSSR count). The number of aryl methyl sites for hydroxylation is 2. The Morgan fingerprint density at radius 1 is 1.24 bits per heavy atom. The molecule has 0 aromatic carbocycles. The Bertz CT molecular complexity index is 695. The Kier molecular flexibility index (Phi) is 2.86. The molecule has 0 amide bonds. The van der Waals surface area contributed by atoms with E-state index >= 15 is 0 Å². The molecule has 0 aliphatic heterocycles. The Morgan fingerprint density at radius 2 is 1.88 bits per heavy atom. The highest BCUT2D eigenvalue weighted by atomic mass is 32.1. The van der Waals surface area contributed by atoms with Gasteiger partial charge in [0, 0.05) is 20.6 Å². The van der Waals surface area contributed by atoms with Gasteiger partial charge in [-0.15, -0.1) is 12.6 Å². The fourth-order valence-electron chi connectivity index (χ4n) is 1.87. The maximum atomic E-state index is 12.1. The summed E-state index contributed by atoms with van der Waals surface area (Å²) in [4.78, 5) is 28.0. The largest absolute Gasteiger partial charge is 0.332 e. The molecular weight excluding hydrogens is 240 g/mol. The highest BCUT2D eigenvalue weighted by Gasteiger charge is 2.16. The zero-order valence-electron chi connectivity index (χ0n) is 9.97. The fourth-order valence-corrected chi connectivity index (χ4v) is 2.17. The van der Waals surface area contributed by atoms with Crippen LogP contribution in [0.15, 0.2) is 14.7 Å². The second-order valence-corrected chi connectivity index (χ2v) is 4.34. The molecule has 7 heteroatoms. The Labute approximate surface area is 103 Å². The number of thiol groups is 1. The SMILES string of the molecule is CCCn1c(S)nc2c1c(=O)n(C)c(=O)n2C. The number of nitrogens with zero attached hydrogens (tertiary/aromatic N) is 4. The fraction of sp³-hybridized carbons (Fsp3) is 0.500. The van der Waals surface area contributed by atoms with E-state index in [1.54, 1.807) is 11.6 Å². The molecule has 6 nitrogen and oxygen atoms in total. The van der Waals surface area contributed by atoms with Gasteiger partial charge in [-0.2, -0.15) is 0 Å². The van der Waals surface area contributed by atoms with Crippen molar-refractivity contribution in [1.82, 2.24) is 18.7 Å². The molecule has 0 unspecified atom stereocenters. The van der Waals surface area contributed by atoms with Gasteiger partial charge in [0.15, 0.2) is 16.3 Å². The van der Waals surface area contributed by atoms with Gasteiger partial charge >= 0.3 is 5.69 Å². The highest BCUT2D eigenvalue weighted by Crippen LogP contribution is 2.14. The predicted octanol–water partition coefficient (Wildman–Crippen LogP) is 0.132. The summed E-state index contributed by atoms with van der Waals surface area (Å²) >= 11 is 4.24.